The third kappa shape index (κ3) is 15.8. The number of amides is 4. The molecule has 27 nitrogen and oxygen atoms in total. The number of halogens is 2. The highest BCUT2D eigenvalue weighted by atomic mass is 19.2. The van der Waals surface area contributed by atoms with E-state index in [-0.39, 0.29) is 58.2 Å². The van der Waals surface area contributed by atoms with Crippen LogP contribution in [0.2, 0.25) is 0 Å². The van der Waals surface area contributed by atoms with Gasteiger partial charge in [-0.1, -0.05) is 0 Å². The molecule has 492 valence electrons. The number of Topliss-reactive ketones (excluding diaryl/α,β-unsaturated/α-hetero) is 4. The van der Waals surface area contributed by atoms with Gasteiger partial charge in [-0.05, 0) is 104 Å². The minimum Gasteiger partial charge on any atom is -0.477 e. The fourth-order valence-corrected chi connectivity index (χ4v) is 10.8. The fourth-order valence-electron chi connectivity index (χ4n) is 10.8. The summed E-state index contributed by atoms with van der Waals surface area (Å²) >= 11 is 0. The number of aliphatic carboxylic acids is 1. The minimum absolute atomic E-state index is 0.0330. The Hall–Kier alpha value is -9.48. The zero-order valence-electron chi connectivity index (χ0n) is 53.4. The topological polar surface area (TPSA) is 333 Å². The van der Waals surface area contributed by atoms with Crippen molar-refractivity contribution in [3.8, 4) is 0 Å². The van der Waals surface area contributed by atoms with Gasteiger partial charge in [-0.25, -0.2) is 28.0 Å². The summed E-state index contributed by atoms with van der Waals surface area (Å²) in [6.45, 7) is 21.4. The molecule has 3 saturated heterocycles. The number of nitrogens with one attached hydrogen (secondary N) is 1. The van der Waals surface area contributed by atoms with E-state index in [1.807, 2.05) is 0 Å². The number of carboxylic acids is 2. The number of esters is 2. The summed E-state index contributed by atoms with van der Waals surface area (Å²) in [5.74, 6) is -11.2. The Labute approximate surface area is 522 Å². The van der Waals surface area contributed by atoms with Gasteiger partial charge >= 0.3 is 23.9 Å². The number of ether oxygens (including phenoxy) is 5. The number of aromatic carboxylic acids is 1. The zero-order chi connectivity index (χ0) is 68.2. The van der Waals surface area contributed by atoms with Crippen LogP contribution in [0.3, 0.4) is 0 Å². The minimum atomic E-state index is -1.54. The van der Waals surface area contributed by atoms with Gasteiger partial charge in [-0.2, -0.15) is 0 Å². The van der Waals surface area contributed by atoms with Gasteiger partial charge in [0.2, 0.25) is 0 Å². The van der Waals surface area contributed by atoms with Crippen LogP contribution in [0.4, 0.5) is 14.5 Å². The molecule has 0 bridgehead atoms. The Bertz CT molecular complexity index is 3720. The molecule has 5 aromatic rings. The van der Waals surface area contributed by atoms with Crippen LogP contribution in [0.15, 0.2) is 18.2 Å². The molecule has 4 amide bonds. The molecule has 29 heteroatoms. The molecule has 3 N–H and O–H groups in total. The van der Waals surface area contributed by atoms with Crippen LogP contribution in [0.1, 0.15) is 142 Å². The summed E-state index contributed by atoms with van der Waals surface area (Å²) in [6.07, 6.45) is 0. The number of benzene rings is 1. The molecule has 3 fully saturated rings. The van der Waals surface area contributed by atoms with Gasteiger partial charge in [0.15, 0.2) is 11.6 Å². The van der Waals surface area contributed by atoms with Crippen molar-refractivity contribution in [2.24, 2.45) is 28.2 Å². The Kier molecular flexibility index (Phi) is 24.9. The maximum Gasteiger partial charge on any atom is 0.377 e. The Morgan fingerprint density at radius 1 is 0.451 bits per heavy atom. The lowest BCUT2D eigenvalue weighted by molar-refractivity contribution is -0.132. The van der Waals surface area contributed by atoms with E-state index < -0.39 is 82.3 Å². The van der Waals surface area contributed by atoms with E-state index in [4.69, 9.17) is 28.8 Å². The molecule has 0 spiro atoms. The first-order valence-electron chi connectivity index (χ1n) is 28.8. The second-order valence-corrected chi connectivity index (χ2v) is 21.1. The van der Waals surface area contributed by atoms with Crippen molar-refractivity contribution in [3.05, 3.63) is 120 Å². The number of rotatable bonds is 15. The summed E-state index contributed by atoms with van der Waals surface area (Å²) in [7, 11) is 6.44. The Morgan fingerprint density at radius 2 is 0.747 bits per heavy atom. The summed E-state index contributed by atoms with van der Waals surface area (Å²) in [5, 5.41) is 20.5. The van der Waals surface area contributed by atoms with E-state index in [0.717, 1.165) is 12.1 Å². The molecule has 0 unspecified atom stereocenters. The quantitative estimate of drug-likeness (QED) is 0.0735. The lowest BCUT2D eigenvalue weighted by atomic mass is 10.0. The number of hydrogen-bond donors (Lipinski definition) is 3. The zero-order valence-corrected chi connectivity index (χ0v) is 53.4. The van der Waals surface area contributed by atoms with E-state index in [2.05, 4.69) is 5.32 Å². The molecular formula is C62H76F2N8O19. The SMILES string of the molecule is CCOC(=O)c1c(C)c(C(=O)C(=O)N2CCOCC2)c(C)n1C.CCOC(=O)c1c(C)c(C(=O)C(=O)O)c(C)n1C.Cc1c(C(=O)C(=O)N2CCOCC2)c(C)n(C)c1C(=O)Nc1ccc(F)c(F)c1.Cc1c(C(=O)C(=O)N2CCOCC2)c(C)n(C)c1C(=O)O. The summed E-state index contributed by atoms with van der Waals surface area (Å²) in [6, 6.07) is 3.01. The highest BCUT2D eigenvalue weighted by Crippen LogP contribution is 2.28. The van der Waals surface area contributed by atoms with Crippen molar-refractivity contribution in [1.29, 1.82) is 0 Å². The normalized spacial score (nSPS) is 13.7. The number of ketones is 4. The molecule has 3 aliphatic heterocycles. The molecule has 1 aromatic carbocycles. The summed E-state index contributed by atoms with van der Waals surface area (Å²) in [5.41, 5.74) is 4.91. The van der Waals surface area contributed by atoms with Crippen LogP contribution in [0.5, 0.6) is 0 Å². The highest BCUT2D eigenvalue weighted by Gasteiger charge is 2.36. The van der Waals surface area contributed by atoms with Crippen molar-refractivity contribution in [3.63, 3.8) is 0 Å². The summed E-state index contributed by atoms with van der Waals surface area (Å²) < 4.78 is 58.0. The molecule has 0 atom stereocenters. The molecule has 7 heterocycles. The number of carboxylic acid groups (broad SMARTS) is 2. The average molecular weight is 1280 g/mol. The molecule has 3 aliphatic rings. The monoisotopic (exact) mass is 1270 g/mol. The van der Waals surface area contributed by atoms with Crippen molar-refractivity contribution in [1.82, 2.24) is 33.0 Å². The Balaban J connectivity index is 0.000000224. The Morgan fingerprint density at radius 3 is 1.04 bits per heavy atom. The average Bonchev–Trinajstić information content (AvgIpc) is 1.69. The largest absolute Gasteiger partial charge is 0.477 e. The second-order valence-electron chi connectivity index (χ2n) is 21.1. The standard InChI is InChI=1S/C20H21F2N3O4.C16H22N2O5.C14H18N2O5.C12H15NO5/c1-11-16(18(26)20(28)25-6-8-29-9-7-25)12(2)24(3)17(11)19(27)23-13-4-5-14(21)15(22)10-13;1-5-23-16(21)13-10(2)12(11(3)17(13)4)14(19)15(20)18-6-8-22-9-7-18;1-8-10(9(2)15(3)11(8)14(19)20)12(17)13(18)16-4-6-21-7-5-16;1-5-18-12(17)9-6(2)8(7(3)13(9)4)10(14)11(15)16/h4-5,10H,6-9H2,1-3H3,(H,23,27);5-9H2,1-4H3;4-7H2,1-3H3,(H,19,20);5H2,1-4H3,(H,15,16). The highest BCUT2D eigenvalue weighted by molar-refractivity contribution is 6.45. The lowest BCUT2D eigenvalue weighted by Gasteiger charge is -2.26. The van der Waals surface area contributed by atoms with E-state index in [1.165, 1.54) is 41.4 Å². The van der Waals surface area contributed by atoms with Gasteiger partial charge in [0.25, 0.3) is 46.8 Å². The van der Waals surface area contributed by atoms with Crippen LogP contribution >= 0.6 is 0 Å². The molecular weight excluding hydrogens is 1200 g/mol. The number of nitrogens with zero attached hydrogens (tertiary/aromatic N) is 7. The molecule has 0 aliphatic carbocycles. The van der Waals surface area contributed by atoms with Crippen molar-refractivity contribution < 1.29 is 100 Å². The van der Waals surface area contributed by atoms with Crippen LogP contribution in [-0.2, 0) is 71.1 Å². The number of aromatic nitrogens is 4. The van der Waals surface area contributed by atoms with E-state index in [9.17, 15) is 71.4 Å². The third-order valence-corrected chi connectivity index (χ3v) is 15.8. The first kappa shape index (κ1) is 72.3. The van der Waals surface area contributed by atoms with Gasteiger partial charge in [-0.15, -0.1) is 0 Å². The van der Waals surface area contributed by atoms with Crippen LogP contribution in [0, 0.1) is 67.0 Å². The van der Waals surface area contributed by atoms with Crippen LogP contribution < -0.4 is 5.32 Å². The predicted molar refractivity (Wildman–Crippen MR) is 320 cm³/mol. The van der Waals surface area contributed by atoms with Crippen molar-refractivity contribution in [2.75, 3.05) is 97.4 Å². The van der Waals surface area contributed by atoms with Gasteiger partial charge in [0.1, 0.15) is 22.8 Å². The number of carbonyl (C=O) groups excluding carboxylic acids is 10. The molecule has 0 radical (unpaired) electrons. The number of carbonyl (C=O) groups is 12. The molecule has 4 aromatic heterocycles. The maximum absolute atomic E-state index is 13.4. The van der Waals surface area contributed by atoms with E-state index in [0.29, 0.717) is 130 Å². The predicted octanol–water partition coefficient (Wildman–Crippen LogP) is 4.54. The van der Waals surface area contributed by atoms with E-state index >= 15 is 0 Å². The fraction of sp³-hybridized carbons (Fsp3) is 0.452. The van der Waals surface area contributed by atoms with Crippen LogP contribution in [-0.4, -0.2) is 206 Å². The maximum atomic E-state index is 13.4. The summed E-state index contributed by atoms with van der Waals surface area (Å²) in [4.78, 5) is 150. The second kappa shape index (κ2) is 31.3. The first-order chi connectivity index (χ1) is 42.8. The molecule has 8 rings (SSSR count). The van der Waals surface area contributed by atoms with E-state index in [1.54, 1.807) is 95.1 Å². The van der Waals surface area contributed by atoms with Crippen LogP contribution in [0.25, 0.3) is 0 Å². The van der Waals surface area contributed by atoms with Crippen molar-refractivity contribution in [2.45, 2.75) is 69.2 Å². The molecule has 0 saturated carbocycles. The number of anilines is 1. The van der Waals surface area contributed by atoms with Gasteiger partial charge in [0, 0.05) is 102 Å². The van der Waals surface area contributed by atoms with Crippen molar-refractivity contribution >= 4 is 76.3 Å². The number of hydrogen-bond acceptors (Lipinski definition) is 17. The van der Waals surface area contributed by atoms with Gasteiger partial charge < -0.3 is 72.2 Å². The van der Waals surface area contributed by atoms with Gasteiger partial charge in [0.05, 0.1) is 75.1 Å². The third-order valence-electron chi connectivity index (χ3n) is 15.8. The smallest absolute Gasteiger partial charge is 0.377 e. The lowest BCUT2D eigenvalue weighted by Crippen LogP contribution is -2.44. The van der Waals surface area contributed by atoms with Gasteiger partial charge in [-0.3, -0.25) is 38.4 Å². The first-order valence-corrected chi connectivity index (χ1v) is 28.8. The number of morpholine rings is 3. The molecule has 91 heavy (non-hydrogen) atoms.